The molecule has 0 spiro atoms. The molecule has 0 aromatic heterocycles. The molecule has 0 unspecified atom stereocenters. The topological polar surface area (TPSA) is 44.7 Å². The maximum atomic E-state index is 11.3. The van der Waals surface area contributed by atoms with Crippen molar-refractivity contribution < 1.29 is 4.79 Å². The van der Waals surface area contributed by atoms with Crippen molar-refractivity contribution in [3.05, 3.63) is 89.0 Å². The zero-order valence-corrected chi connectivity index (χ0v) is 20.7. The second kappa shape index (κ2) is 11.1. The summed E-state index contributed by atoms with van der Waals surface area (Å²) in [6.45, 7) is 16.0. The molecule has 1 aliphatic rings. The van der Waals surface area contributed by atoms with E-state index >= 15 is 0 Å². The molecular weight excluding hydrogens is 406 g/mol. The van der Waals surface area contributed by atoms with Crippen LogP contribution in [0.15, 0.2) is 66.2 Å². The van der Waals surface area contributed by atoms with Crippen LogP contribution in [0.2, 0.25) is 0 Å². The zero-order valence-electron chi connectivity index (χ0n) is 20.7. The number of benzene rings is 2. The van der Waals surface area contributed by atoms with Gasteiger partial charge in [-0.15, -0.1) is 0 Å². The van der Waals surface area contributed by atoms with Crippen LogP contribution in [-0.2, 0) is 4.79 Å². The molecule has 33 heavy (non-hydrogen) atoms. The predicted octanol–water partition coefficient (Wildman–Crippen LogP) is 6.33. The average molecular weight is 444 g/mol. The van der Waals surface area contributed by atoms with Crippen LogP contribution in [0.1, 0.15) is 73.4 Å². The van der Waals surface area contributed by atoms with E-state index in [2.05, 4.69) is 79.2 Å². The van der Waals surface area contributed by atoms with Gasteiger partial charge < -0.3 is 10.2 Å². The minimum Gasteiger partial charge on any atom is -0.357 e. The average Bonchev–Trinajstić information content (AvgIpc) is 2.80. The molecule has 1 saturated heterocycles. The van der Waals surface area contributed by atoms with E-state index in [9.17, 15) is 4.79 Å². The first kappa shape index (κ1) is 24.5. The summed E-state index contributed by atoms with van der Waals surface area (Å²) in [6.07, 6.45) is 6.32. The van der Waals surface area contributed by atoms with Crippen LogP contribution in [0, 0.1) is 13.8 Å². The smallest absolute Gasteiger partial charge is 0.217 e. The Hall–Kier alpha value is -3.14. The fraction of sp³-hybridized carbons (Fsp3) is 0.379. The molecule has 2 aromatic carbocycles. The molecule has 174 valence electrons. The number of likely N-dealkylation sites (tertiary alicyclic amines) is 1. The number of carbonyl (C=O) groups excluding carboxylic acids is 1. The highest BCUT2D eigenvalue weighted by Gasteiger charge is 2.22. The molecule has 2 aromatic rings. The number of amidine groups is 1. The van der Waals surface area contributed by atoms with E-state index in [0.29, 0.717) is 5.92 Å². The van der Waals surface area contributed by atoms with Crippen molar-refractivity contribution in [3.63, 3.8) is 0 Å². The van der Waals surface area contributed by atoms with Crippen molar-refractivity contribution in [2.45, 2.75) is 59.4 Å². The Labute approximate surface area is 199 Å². The Morgan fingerprint density at radius 3 is 2.36 bits per heavy atom. The fourth-order valence-electron chi connectivity index (χ4n) is 4.37. The van der Waals surface area contributed by atoms with E-state index in [1.807, 2.05) is 19.9 Å². The minimum absolute atomic E-state index is 0.00209. The molecule has 1 fully saturated rings. The number of piperidine rings is 1. The van der Waals surface area contributed by atoms with Gasteiger partial charge >= 0.3 is 0 Å². The maximum Gasteiger partial charge on any atom is 0.217 e. The van der Waals surface area contributed by atoms with Gasteiger partial charge in [-0.1, -0.05) is 49.1 Å². The molecule has 1 amide bonds. The van der Waals surface area contributed by atoms with E-state index < -0.39 is 0 Å². The highest BCUT2D eigenvalue weighted by Crippen LogP contribution is 2.30. The van der Waals surface area contributed by atoms with Gasteiger partial charge in [0.1, 0.15) is 5.84 Å². The lowest BCUT2D eigenvalue weighted by atomic mass is 9.88. The minimum atomic E-state index is -0.00209. The third kappa shape index (κ3) is 6.44. The highest BCUT2D eigenvalue weighted by atomic mass is 16.1. The van der Waals surface area contributed by atoms with Crippen LogP contribution >= 0.6 is 0 Å². The van der Waals surface area contributed by atoms with Crippen molar-refractivity contribution in [2.75, 3.05) is 13.1 Å². The summed E-state index contributed by atoms with van der Waals surface area (Å²) in [6, 6.07) is 15.1. The lowest BCUT2D eigenvalue weighted by molar-refractivity contribution is -0.119. The predicted molar refractivity (Wildman–Crippen MR) is 139 cm³/mol. The third-order valence-corrected chi connectivity index (χ3v) is 6.55. The van der Waals surface area contributed by atoms with Gasteiger partial charge in [0.05, 0.1) is 11.7 Å². The monoisotopic (exact) mass is 443 g/mol. The van der Waals surface area contributed by atoms with Crippen LogP contribution in [0.5, 0.6) is 0 Å². The van der Waals surface area contributed by atoms with Gasteiger partial charge in [0.15, 0.2) is 0 Å². The van der Waals surface area contributed by atoms with Gasteiger partial charge in [-0.05, 0) is 86.4 Å². The van der Waals surface area contributed by atoms with Crippen LogP contribution in [0.3, 0.4) is 0 Å². The van der Waals surface area contributed by atoms with Gasteiger partial charge in [-0.3, -0.25) is 4.79 Å². The Bertz CT molecular complexity index is 1040. The summed E-state index contributed by atoms with van der Waals surface area (Å²) in [5, 5.41) is 2.95. The number of aryl methyl sites for hydroxylation is 2. The number of carbonyl (C=O) groups is 1. The molecule has 0 radical (unpaired) electrons. The fourth-order valence-corrected chi connectivity index (χ4v) is 4.37. The molecule has 1 atom stereocenters. The second-order valence-corrected chi connectivity index (χ2v) is 9.07. The summed E-state index contributed by atoms with van der Waals surface area (Å²) in [5.74, 6) is 1.53. The summed E-state index contributed by atoms with van der Waals surface area (Å²) >= 11 is 0. The number of nitrogens with zero attached hydrogens (tertiary/aromatic N) is 2. The molecule has 0 bridgehead atoms. The first-order valence-corrected chi connectivity index (χ1v) is 11.9. The molecule has 1 N–H and O–H groups in total. The van der Waals surface area contributed by atoms with E-state index in [1.165, 1.54) is 16.7 Å². The van der Waals surface area contributed by atoms with Crippen LogP contribution in [0.25, 0.3) is 5.70 Å². The maximum absolute atomic E-state index is 11.3. The Morgan fingerprint density at radius 2 is 1.79 bits per heavy atom. The van der Waals surface area contributed by atoms with Gasteiger partial charge in [0.25, 0.3) is 0 Å². The number of rotatable bonds is 6. The van der Waals surface area contributed by atoms with Crippen LogP contribution in [0.4, 0.5) is 0 Å². The largest absolute Gasteiger partial charge is 0.357 e. The molecule has 1 heterocycles. The molecule has 4 heteroatoms. The second-order valence-electron chi connectivity index (χ2n) is 9.07. The van der Waals surface area contributed by atoms with Gasteiger partial charge in [0, 0.05) is 20.0 Å². The zero-order chi connectivity index (χ0) is 24.0. The lowest BCUT2D eigenvalue weighted by Gasteiger charge is -2.34. The number of aliphatic imine (C=N–C) groups is 1. The molecule has 0 saturated carbocycles. The summed E-state index contributed by atoms with van der Waals surface area (Å²) < 4.78 is 0. The number of nitrogens with one attached hydrogen (secondary N) is 1. The van der Waals surface area contributed by atoms with E-state index in [1.54, 1.807) is 6.92 Å². The summed E-state index contributed by atoms with van der Waals surface area (Å²) in [5.41, 5.74) is 6.93. The number of hydrogen-bond acceptors (Lipinski definition) is 2. The molecule has 4 nitrogen and oxygen atoms in total. The lowest BCUT2D eigenvalue weighted by Crippen LogP contribution is -2.37. The van der Waals surface area contributed by atoms with Gasteiger partial charge in [0.2, 0.25) is 5.91 Å². The van der Waals surface area contributed by atoms with Crippen molar-refractivity contribution in [3.8, 4) is 0 Å². The molecule has 3 rings (SSSR count). The van der Waals surface area contributed by atoms with Gasteiger partial charge in [-0.25, -0.2) is 4.99 Å². The number of amides is 1. The SMILES string of the molecule is C=C(N=C(/C=C\C)N1CCC(c2ccc([C@H](C)NC(C)=O)cc2)CC1)c1ccc(C)c(C)c1. The summed E-state index contributed by atoms with van der Waals surface area (Å²) in [7, 11) is 0. The first-order chi connectivity index (χ1) is 15.8. The third-order valence-electron chi connectivity index (χ3n) is 6.55. The van der Waals surface area contributed by atoms with E-state index in [4.69, 9.17) is 4.99 Å². The Morgan fingerprint density at radius 1 is 1.12 bits per heavy atom. The molecule has 0 aliphatic carbocycles. The van der Waals surface area contributed by atoms with Gasteiger partial charge in [-0.2, -0.15) is 0 Å². The van der Waals surface area contributed by atoms with Crippen LogP contribution in [-0.4, -0.2) is 29.7 Å². The standard InChI is InChI=1S/C29H37N3O/c1-7-8-29(31-23(5)28-10-9-20(2)21(3)19-28)32-17-15-27(16-18-32)26-13-11-25(12-14-26)22(4)30-24(6)33/h7-14,19,22,27H,5,15-18H2,1-4,6H3,(H,30,33)/b8-7-,31-29?/t22-/m0/s1. The van der Waals surface area contributed by atoms with Crippen molar-refractivity contribution in [1.29, 1.82) is 0 Å². The number of hydrogen-bond donors (Lipinski definition) is 1. The van der Waals surface area contributed by atoms with Crippen LogP contribution < -0.4 is 5.32 Å². The van der Waals surface area contributed by atoms with Crippen molar-refractivity contribution in [1.82, 2.24) is 10.2 Å². The molecular formula is C29H37N3O. The summed E-state index contributed by atoms with van der Waals surface area (Å²) in [4.78, 5) is 18.6. The normalized spacial score (nSPS) is 16.2. The number of allylic oxidation sites excluding steroid dienone is 1. The quantitative estimate of drug-likeness (QED) is 0.419. The van der Waals surface area contributed by atoms with Crippen molar-refractivity contribution in [2.24, 2.45) is 4.99 Å². The Kier molecular flexibility index (Phi) is 8.26. The van der Waals surface area contributed by atoms with E-state index in [0.717, 1.165) is 48.6 Å². The highest BCUT2D eigenvalue weighted by molar-refractivity contribution is 5.96. The molecule has 1 aliphatic heterocycles. The van der Waals surface area contributed by atoms with E-state index in [-0.39, 0.29) is 11.9 Å². The van der Waals surface area contributed by atoms with Crippen molar-refractivity contribution >= 4 is 17.4 Å². The first-order valence-electron chi connectivity index (χ1n) is 11.9. The Balaban J connectivity index is 1.66.